The van der Waals surface area contributed by atoms with Gasteiger partial charge in [-0.25, -0.2) is 14.3 Å². The van der Waals surface area contributed by atoms with Gasteiger partial charge in [0.1, 0.15) is 0 Å². The molecule has 0 spiro atoms. The van der Waals surface area contributed by atoms with Crippen LogP contribution in [-0.4, -0.2) is 63.8 Å². The molecule has 0 saturated heterocycles. The van der Waals surface area contributed by atoms with Crippen LogP contribution < -0.4 is 5.32 Å². The average Bonchev–Trinajstić information content (AvgIpc) is 3.36. The second-order valence-corrected chi connectivity index (χ2v) is 8.22. The van der Waals surface area contributed by atoms with Gasteiger partial charge in [-0.05, 0) is 31.6 Å². The van der Waals surface area contributed by atoms with Gasteiger partial charge in [0.15, 0.2) is 0 Å². The van der Waals surface area contributed by atoms with E-state index in [1.165, 1.54) is 4.68 Å². The lowest BCUT2D eigenvalue weighted by Gasteiger charge is -2.21. The van der Waals surface area contributed by atoms with E-state index in [1.807, 2.05) is 60.7 Å². The number of carbonyl (C=O) groups excluding carboxylic acids is 2. The van der Waals surface area contributed by atoms with Crippen molar-refractivity contribution in [3.63, 3.8) is 0 Å². The van der Waals surface area contributed by atoms with Crippen molar-refractivity contribution in [2.75, 3.05) is 26.2 Å². The van der Waals surface area contributed by atoms with E-state index in [9.17, 15) is 14.4 Å². The number of nitrogens with one attached hydrogen (secondary N) is 1. The van der Waals surface area contributed by atoms with E-state index < -0.39 is 24.1 Å². The number of hydrogen-bond donors (Lipinski definition) is 2. The second-order valence-electron chi connectivity index (χ2n) is 8.22. The average molecular weight is 505 g/mol. The van der Waals surface area contributed by atoms with Crippen molar-refractivity contribution in [1.29, 1.82) is 0 Å². The topological polar surface area (TPSA) is 114 Å². The van der Waals surface area contributed by atoms with E-state index in [-0.39, 0.29) is 0 Å². The van der Waals surface area contributed by atoms with Crippen LogP contribution in [0.4, 0.5) is 0 Å². The number of carboxylic acids is 1. The second kappa shape index (κ2) is 13.7. The first-order valence-corrected chi connectivity index (χ1v) is 12.2. The van der Waals surface area contributed by atoms with Crippen molar-refractivity contribution in [3.8, 4) is 22.4 Å². The van der Waals surface area contributed by atoms with Gasteiger partial charge in [0.25, 0.3) is 12.1 Å². The monoisotopic (exact) mass is 504 g/mol. The number of hydrogen-bond acceptors (Lipinski definition) is 6. The Morgan fingerprint density at radius 2 is 1.62 bits per heavy atom. The molecule has 0 fully saturated rings. The Balaban J connectivity index is 1.97. The van der Waals surface area contributed by atoms with Crippen LogP contribution in [0.15, 0.2) is 79.0 Å². The molecule has 194 valence electrons. The minimum Gasteiger partial charge on any atom is -0.478 e. The van der Waals surface area contributed by atoms with Crippen LogP contribution in [-0.2, 0) is 19.1 Å². The zero-order valence-corrected chi connectivity index (χ0v) is 21.0. The molecule has 0 aliphatic rings. The highest BCUT2D eigenvalue weighted by atomic mass is 16.6. The molecule has 2 N–H and O–H groups in total. The van der Waals surface area contributed by atoms with E-state index in [1.54, 1.807) is 6.20 Å². The molecule has 1 atom stereocenters. The number of ether oxygens (including phenoxy) is 1. The summed E-state index contributed by atoms with van der Waals surface area (Å²) in [6.07, 6.45) is 2.32. The molecule has 0 bridgehead atoms. The summed E-state index contributed by atoms with van der Waals surface area (Å²) < 4.78 is 6.83. The molecule has 9 nitrogen and oxygen atoms in total. The molecule has 1 heterocycles. The van der Waals surface area contributed by atoms with Crippen molar-refractivity contribution in [1.82, 2.24) is 20.0 Å². The van der Waals surface area contributed by atoms with Gasteiger partial charge in [0.2, 0.25) is 0 Å². The molecule has 37 heavy (non-hydrogen) atoms. The first-order chi connectivity index (χ1) is 17.9. The number of amides is 1. The van der Waals surface area contributed by atoms with Gasteiger partial charge in [-0.3, -0.25) is 4.79 Å². The fraction of sp³-hybridized carbons (Fsp3) is 0.286. The highest BCUT2D eigenvalue weighted by molar-refractivity contribution is 5.92. The largest absolute Gasteiger partial charge is 0.478 e. The van der Waals surface area contributed by atoms with E-state index in [4.69, 9.17) is 9.84 Å². The highest BCUT2D eigenvalue weighted by Crippen LogP contribution is 2.34. The molecule has 3 aromatic rings. The molecule has 1 amide bonds. The summed E-state index contributed by atoms with van der Waals surface area (Å²) in [6, 6.07) is 18.9. The van der Waals surface area contributed by atoms with E-state index >= 15 is 0 Å². The normalized spacial score (nSPS) is 12.0. The number of benzene rings is 2. The molecule has 2 aromatic carbocycles. The van der Waals surface area contributed by atoms with Crippen LogP contribution in [0.1, 0.15) is 26.5 Å². The third kappa shape index (κ3) is 7.62. The number of esters is 1. The quantitative estimate of drug-likeness (QED) is 0.207. The number of rotatable bonds is 13. The van der Waals surface area contributed by atoms with Crippen LogP contribution in [0, 0.1) is 0 Å². The number of carbonyl (C=O) groups is 3. The van der Waals surface area contributed by atoms with Crippen molar-refractivity contribution in [2.24, 2.45) is 0 Å². The summed E-state index contributed by atoms with van der Waals surface area (Å²) in [5.74, 6) is -2.83. The molecule has 0 aliphatic heterocycles. The molecule has 9 heteroatoms. The van der Waals surface area contributed by atoms with Gasteiger partial charge < -0.3 is 20.1 Å². The number of aliphatic carboxylic acids is 1. The Kier molecular flexibility index (Phi) is 10.2. The minimum absolute atomic E-state index is 0.377. The SMILES string of the molecule is CCN(CC)CCCNC(=O)C(OC(=O)/C=C/C(=O)O)n1ncc(-c2ccccc2)c1-c1ccccc1. The molecule has 0 aliphatic carbocycles. The molecule has 1 unspecified atom stereocenters. The first-order valence-electron chi connectivity index (χ1n) is 12.2. The zero-order valence-electron chi connectivity index (χ0n) is 21.0. The van der Waals surface area contributed by atoms with Gasteiger partial charge in [-0.1, -0.05) is 74.5 Å². The third-order valence-corrected chi connectivity index (χ3v) is 5.81. The lowest BCUT2D eigenvalue weighted by atomic mass is 10.0. The van der Waals surface area contributed by atoms with Crippen LogP contribution in [0.3, 0.4) is 0 Å². The molecular weight excluding hydrogens is 472 g/mol. The lowest BCUT2D eigenvalue weighted by molar-refractivity contribution is -0.158. The van der Waals surface area contributed by atoms with Crippen molar-refractivity contribution < 1.29 is 24.2 Å². The van der Waals surface area contributed by atoms with Crippen LogP contribution in [0.2, 0.25) is 0 Å². The van der Waals surface area contributed by atoms with Crippen LogP contribution >= 0.6 is 0 Å². The first kappa shape index (κ1) is 27.3. The number of aromatic nitrogens is 2. The minimum atomic E-state index is -1.45. The summed E-state index contributed by atoms with van der Waals surface area (Å²) >= 11 is 0. The Labute approximate surface area is 216 Å². The predicted molar refractivity (Wildman–Crippen MR) is 140 cm³/mol. The zero-order chi connectivity index (χ0) is 26.6. The summed E-state index contributed by atoms with van der Waals surface area (Å²) in [5.41, 5.74) is 2.99. The van der Waals surface area contributed by atoms with Crippen LogP contribution in [0.5, 0.6) is 0 Å². The smallest absolute Gasteiger partial charge is 0.333 e. The summed E-state index contributed by atoms with van der Waals surface area (Å²) in [5, 5.41) is 16.2. The van der Waals surface area contributed by atoms with Crippen LogP contribution in [0.25, 0.3) is 22.4 Å². The number of nitrogens with zero attached hydrogens (tertiary/aromatic N) is 3. The maximum atomic E-state index is 13.3. The van der Waals surface area contributed by atoms with E-state index in [0.717, 1.165) is 42.4 Å². The summed E-state index contributed by atoms with van der Waals surface area (Å²) in [4.78, 5) is 38.9. The Bertz CT molecular complexity index is 1200. The summed E-state index contributed by atoms with van der Waals surface area (Å²) in [6.45, 7) is 7.17. The molecular formula is C28H32N4O5. The van der Waals surface area contributed by atoms with Gasteiger partial charge in [0.05, 0.1) is 11.9 Å². The molecule has 3 rings (SSSR count). The maximum Gasteiger partial charge on any atom is 0.333 e. The molecule has 1 aromatic heterocycles. The van der Waals surface area contributed by atoms with Crippen molar-refractivity contribution in [2.45, 2.75) is 26.5 Å². The third-order valence-electron chi connectivity index (χ3n) is 5.81. The van der Waals surface area contributed by atoms with Crippen molar-refractivity contribution >= 4 is 17.8 Å². The number of carboxylic acid groups (broad SMARTS) is 1. The van der Waals surface area contributed by atoms with Gasteiger partial charge in [-0.2, -0.15) is 5.10 Å². The summed E-state index contributed by atoms with van der Waals surface area (Å²) in [7, 11) is 0. The fourth-order valence-corrected chi connectivity index (χ4v) is 3.90. The van der Waals surface area contributed by atoms with Gasteiger partial charge >= 0.3 is 11.9 Å². The maximum absolute atomic E-state index is 13.3. The van der Waals surface area contributed by atoms with Gasteiger partial charge in [0, 0.05) is 29.8 Å². The van der Waals surface area contributed by atoms with Gasteiger partial charge in [-0.15, -0.1) is 0 Å². The molecule has 0 radical (unpaired) electrons. The predicted octanol–water partition coefficient (Wildman–Crippen LogP) is 3.75. The molecule has 0 saturated carbocycles. The lowest BCUT2D eigenvalue weighted by Crippen LogP contribution is -2.37. The Morgan fingerprint density at radius 1 is 1.00 bits per heavy atom. The van der Waals surface area contributed by atoms with E-state index in [0.29, 0.717) is 24.7 Å². The van der Waals surface area contributed by atoms with E-state index in [2.05, 4.69) is 29.2 Å². The van der Waals surface area contributed by atoms with Crippen molar-refractivity contribution in [3.05, 3.63) is 79.0 Å². The Hall–Kier alpha value is -4.24. The highest BCUT2D eigenvalue weighted by Gasteiger charge is 2.29. The fourth-order valence-electron chi connectivity index (χ4n) is 3.90. The Morgan fingerprint density at radius 3 is 2.22 bits per heavy atom. The standard InChI is InChI=1S/C28H32N4O5/c1-3-31(4-2)19-11-18-29-27(36)28(37-25(35)17-16-24(33)34)32-26(22-14-9-6-10-15-22)23(20-30-32)21-12-7-5-8-13-21/h5-10,12-17,20,28H,3-4,11,18-19H2,1-2H3,(H,29,36)(H,33,34)/b17-16+.